The van der Waals surface area contributed by atoms with E-state index in [-0.39, 0.29) is 0 Å². The number of likely N-dealkylation sites (tertiary alicyclic amines) is 1. The Morgan fingerprint density at radius 2 is 1.82 bits per heavy atom. The van der Waals surface area contributed by atoms with Crippen LogP contribution in [0, 0.1) is 0 Å². The van der Waals surface area contributed by atoms with E-state index in [1.807, 2.05) is 53.0 Å². The zero-order valence-corrected chi connectivity index (χ0v) is 15.9. The van der Waals surface area contributed by atoms with Crippen molar-refractivity contribution in [2.45, 2.75) is 25.3 Å². The molecule has 1 saturated heterocycles. The van der Waals surface area contributed by atoms with Gasteiger partial charge in [0.1, 0.15) is 0 Å². The summed E-state index contributed by atoms with van der Waals surface area (Å²) in [6, 6.07) is 8.16. The summed E-state index contributed by atoms with van der Waals surface area (Å²) in [6.45, 7) is 3.10. The molecule has 4 aromatic rings. The van der Waals surface area contributed by atoms with Gasteiger partial charge in [0.25, 0.3) is 0 Å². The fourth-order valence-electron chi connectivity index (χ4n) is 3.95. The average Bonchev–Trinajstić information content (AvgIpc) is 3.34. The van der Waals surface area contributed by atoms with Crippen molar-refractivity contribution >= 4 is 5.65 Å². The Labute approximate surface area is 163 Å². The summed E-state index contributed by atoms with van der Waals surface area (Å²) >= 11 is 0. The van der Waals surface area contributed by atoms with Crippen LogP contribution in [0.25, 0.3) is 16.8 Å². The maximum Gasteiger partial charge on any atom is 0.155 e. The summed E-state index contributed by atoms with van der Waals surface area (Å²) in [6.07, 6.45) is 11.9. The number of pyridine rings is 2. The summed E-state index contributed by atoms with van der Waals surface area (Å²) in [5.74, 6) is 1.39. The van der Waals surface area contributed by atoms with Gasteiger partial charge in [-0.25, -0.2) is 9.50 Å². The number of nitrogens with zero attached hydrogens (tertiary/aromatic N) is 7. The number of rotatable bonds is 4. The first-order valence-electron chi connectivity index (χ1n) is 9.71. The maximum atomic E-state index is 4.79. The molecule has 5 heterocycles. The second-order valence-corrected chi connectivity index (χ2v) is 7.50. The first-order chi connectivity index (χ1) is 13.7. The normalized spacial score (nSPS) is 16.0. The van der Waals surface area contributed by atoms with Crippen molar-refractivity contribution in [3.05, 3.63) is 66.6 Å². The molecule has 7 nitrogen and oxygen atoms in total. The van der Waals surface area contributed by atoms with Crippen LogP contribution in [-0.2, 0) is 13.6 Å². The minimum atomic E-state index is 0.425. The van der Waals surface area contributed by atoms with Crippen LogP contribution in [0.1, 0.15) is 30.1 Å². The molecule has 4 aromatic heterocycles. The Balaban J connectivity index is 1.29. The molecule has 0 radical (unpaired) electrons. The van der Waals surface area contributed by atoms with Crippen LogP contribution in [0.5, 0.6) is 0 Å². The van der Waals surface area contributed by atoms with Crippen LogP contribution in [0.2, 0.25) is 0 Å². The molecule has 0 aliphatic carbocycles. The summed E-state index contributed by atoms with van der Waals surface area (Å²) in [7, 11) is 1.96. The zero-order valence-electron chi connectivity index (χ0n) is 15.9. The summed E-state index contributed by atoms with van der Waals surface area (Å²) < 4.78 is 3.77. The van der Waals surface area contributed by atoms with Crippen molar-refractivity contribution in [1.29, 1.82) is 0 Å². The van der Waals surface area contributed by atoms with E-state index in [2.05, 4.69) is 33.4 Å². The minimum Gasteiger partial charge on any atom is -0.299 e. The molecule has 142 valence electrons. The second-order valence-electron chi connectivity index (χ2n) is 7.50. The largest absolute Gasteiger partial charge is 0.299 e. The Morgan fingerprint density at radius 1 is 1.00 bits per heavy atom. The van der Waals surface area contributed by atoms with Gasteiger partial charge in [0.05, 0.1) is 6.20 Å². The Bertz CT molecular complexity index is 1070. The lowest BCUT2D eigenvalue weighted by Gasteiger charge is -2.30. The molecular weight excluding hydrogens is 350 g/mol. The molecule has 0 atom stereocenters. The third kappa shape index (κ3) is 3.41. The predicted molar refractivity (Wildman–Crippen MR) is 107 cm³/mol. The van der Waals surface area contributed by atoms with Crippen LogP contribution in [-0.4, -0.2) is 47.4 Å². The predicted octanol–water partition coefficient (Wildman–Crippen LogP) is 2.90. The third-order valence-corrected chi connectivity index (χ3v) is 5.48. The molecular formula is C21H23N7. The topological polar surface area (TPSA) is 64.1 Å². The number of piperidine rings is 1. The summed E-state index contributed by atoms with van der Waals surface area (Å²) in [4.78, 5) is 11.4. The lowest BCUT2D eigenvalue weighted by atomic mass is 9.96. The van der Waals surface area contributed by atoms with Crippen molar-refractivity contribution in [2.75, 3.05) is 13.1 Å². The molecule has 0 spiro atoms. The number of hydrogen-bond acceptors (Lipinski definition) is 5. The number of hydrogen-bond donors (Lipinski definition) is 0. The van der Waals surface area contributed by atoms with Gasteiger partial charge in [-0.05, 0) is 55.8 Å². The van der Waals surface area contributed by atoms with Gasteiger partial charge in [-0.2, -0.15) is 10.2 Å². The van der Waals surface area contributed by atoms with E-state index in [1.165, 1.54) is 5.56 Å². The van der Waals surface area contributed by atoms with Crippen LogP contribution in [0.4, 0.5) is 0 Å². The zero-order chi connectivity index (χ0) is 18.9. The molecule has 7 heteroatoms. The molecule has 0 saturated carbocycles. The Hall–Kier alpha value is -3.06. The molecule has 0 bridgehead atoms. The van der Waals surface area contributed by atoms with Gasteiger partial charge in [-0.3, -0.25) is 14.6 Å². The van der Waals surface area contributed by atoms with Gasteiger partial charge < -0.3 is 0 Å². The third-order valence-electron chi connectivity index (χ3n) is 5.48. The van der Waals surface area contributed by atoms with E-state index >= 15 is 0 Å². The van der Waals surface area contributed by atoms with Gasteiger partial charge in [-0.15, -0.1) is 0 Å². The van der Waals surface area contributed by atoms with Crippen LogP contribution in [0.3, 0.4) is 0 Å². The smallest absolute Gasteiger partial charge is 0.155 e. The molecule has 5 rings (SSSR count). The van der Waals surface area contributed by atoms with Crippen molar-refractivity contribution < 1.29 is 0 Å². The highest BCUT2D eigenvalue weighted by atomic mass is 15.3. The van der Waals surface area contributed by atoms with Crippen LogP contribution >= 0.6 is 0 Å². The molecule has 0 unspecified atom stereocenters. The number of aromatic nitrogens is 6. The number of aryl methyl sites for hydroxylation is 1. The lowest BCUT2D eigenvalue weighted by molar-refractivity contribution is 0.202. The first-order valence-corrected chi connectivity index (χ1v) is 9.71. The molecule has 1 aliphatic rings. The Morgan fingerprint density at radius 3 is 2.57 bits per heavy atom. The summed E-state index contributed by atoms with van der Waals surface area (Å²) in [5.41, 5.74) is 4.44. The first kappa shape index (κ1) is 17.1. The van der Waals surface area contributed by atoms with E-state index in [0.717, 1.165) is 55.1 Å². The Kier molecular flexibility index (Phi) is 4.37. The van der Waals surface area contributed by atoms with E-state index in [1.54, 1.807) is 0 Å². The van der Waals surface area contributed by atoms with E-state index in [4.69, 9.17) is 10.1 Å². The van der Waals surface area contributed by atoms with E-state index < -0.39 is 0 Å². The van der Waals surface area contributed by atoms with Gasteiger partial charge in [0.2, 0.25) is 0 Å². The highest BCUT2D eigenvalue weighted by molar-refractivity contribution is 5.63. The van der Waals surface area contributed by atoms with Gasteiger partial charge in [-0.1, -0.05) is 0 Å². The lowest BCUT2D eigenvalue weighted by Crippen LogP contribution is -2.32. The quantitative estimate of drug-likeness (QED) is 0.550. The van der Waals surface area contributed by atoms with Crippen molar-refractivity contribution in [2.24, 2.45) is 7.05 Å². The number of fused-ring (bicyclic) bond motifs is 1. The van der Waals surface area contributed by atoms with Crippen molar-refractivity contribution in [3.8, 4) is 11.1 Å². The molecule has 28 heavy (non-hydrogen) atoms. The standard InChI is InChI=1S/C21H23N7/c1-26-13-16(12-23-26)14-27-10-6-18(7-11-27)21-24-20-3-2-19(15-28(20)25-21)17-4-8-22-9-5-17/h2-5,8-9,12-13,15,18H,6-7,10-11,14H2,1H3. The van der Waals surface area contributed by atoms with Crippen LogP contribution in [0.15, 0.2) is 55.2 Å². The van der Waals surface area contributed by atoms with Gasteiger partial charge in [0.15, 0.2) is 11.5 Å². The molecule has 0 aromatic carbocycles. The van der Waals surface area contributed by atoms with Gasteiger partial charge >= 0.3 is 0 Å². The minimum absolute atomic E-state index is 0.425. The summed E-state index contributed by atoms with van der Waals surface area (Å²) in [5, 5.41) is 9.05. The second kappa shape index (κ2) is 7.16. The maximum absolute atomic E-state index is 4.79. The SMILES string of the molecule is Cn1cc(CN2CCC(c3nc4ccc(-c5ccncc5)cn4n3)CC2)cn1. The fourth-order valence-corrected chi connectivity index (χ4v) is 3.95. The molecule has 1 fully saturated rings. The average molecular weight is 373 g/mol. The fraction of sp³-hybridized carbons (Fsp3) is 0.333. The highest BCUT2D eigenvalue weighted by Crippen LogP contribution is 2.27. The molecule has 0 amide bonds. The van der Waals surface area contributed by atoms with Crippen LogP contribution < -0.4 is 0 Å². The van der Waals surface area contributed by atoms with Gasteiger partial charge in [0, 0.05) is 55.4 Å². The van der Waals surface area contributed by atoms with Crippen molar-refractivity contribution in [3.63, 3.8) is 0 Å². The van der Waals surface area contributed by atoms with Crippen molar-refractivity contribution in [1.82, 2.24) is 34.3 Å². The van der Waals surface area contributed by atoms with E-state index in [9.17, 15) is 0 Å². The monoisotopic (exact) mass is 373 g/mol. The highest BCUT2D eigenvalue weighted by Gasteiger charge is 2.24. The van der Waals surface area contributed by atoms with E-state index in [0.29, 0.717) is 5.92 Å². The molecule has 1 aliphatic heterocycles. The molecule has 0 N–H and O–H groups in total.